The van der Waals surface area contributed by atoms with Gasteiger partial charge in [0.25, 0.3) is 0 Å². The third-order valence-corrected chi connectivity index (χ3v) is 4.62. The van der Waals surface area contributed by atoms with Crippen LogP contribution in [0.3, 0.4) is 0 Å². The van der Waals surface area contributed by atoms with Gasteiger partial charge in [-0.15, -0.1) is 0 Å². The van der Waals surface area contributed by atoms with E-state index < -0.39 is 0 Å². The first kappa shape index (κ1) is 16.0. The van der Waals surface area contributed by atoms with Gasteiger partial charge in [0.15, 0.2) is 0 Å². The van der Waals surface area contributed by atoms with Crippen molar-refractivity contribution in [3.63, 3.8) is 0 Å². The molecule has 24 heavy (non-hydrogen) atoms. The Labute approximate surface area is 140 Å². The monoisotopic (exact) mass is 327 g/mol. The number of aromatic nitrogens is 2. The lowest BCUT2D eigenvalue weighted by atomic mass is 9.79. The Morgan fingerprint density at radius 2 is 2.12 bits per heavy atom. The minimum absolute atomic E-state index is 0.0529. The minimum Gasteiger partial charge on any atom is -0.369 e. The lowest BCUT2D eigenvalue weighted by Gasteiger charge is -2.39. The number of nitrogens with one attached hydrogen (secondary N) is 1. The van der Waals surface area contributed by atoms with Crippen molar-refractivity contribution in [3.8, 4) is 5.69 Å². The van der Waals surface area contributed by atoms with E-state index in [9.17, 15) is 9.59 Å². The van der Waals surface area contributed by atoms with E-state index in [1.54, 1.807) is 22.8 Å². The molecular formula is C17H21N5O2. The number of rotatable bonds is 4. The number of carbonyl (C=O) groups excluding carboxylic acids is 2. The zero-order valence-electron chi connectivity index (χ0n) is 13.8. The normalized spacial score (nSPS) is 19.4. The summed E-state index contributed by atoms with van der Waals surface area (Å²) in [5.41, 5.74) is 7.86. The second-order valence-corrected chi connectivity index (χ2v) is 6.22. The van der Waals surface area contributed by atoms with E-state index >= 15 is 0 Å². The van der Waals surface area contributed by atoms with Crippen LogP contribution in [0.15, 0.2) is 36.7 Å². The molecule has 0 saturated heterocycles. The van der Waals surface area contributed by atoms with Gasteiger partial charge in [-0.25, -0.2) is 9.48 Å². The molecule has 7 nitrogen and oxygen atoms in total. The number of hydrogen-bond donors (Lipinski definition) is 2. The van der Waals surface area contributed by atoms with Gasteiger partial charge in [0.1, 0.15) is 0 Å². The molecule has 0 unspecified atom stereocenters. The lowest BCUT2D eigenvalue weighted by Crippen LogP contribution is -2.50. The van der Waals surface area contributed by atoms with E-state index in [-0.39, 0.29) is 23.9 Å². The molecule has 3 amide bonds. The molecule has 3 rings (SSSR count). The molecule has 1 aliphatic rings. The van der Waals surface area contributed by atoms with Gasteiger partial charge >= 0.3 is 6.03 Å². The first-order chi connectivity index (χ1) is 11.5. The Morgan fingerprint density at radius 3 is 2.75 bits per heavy atom. The third kappa shape index (κ3) is 3.10. The van der Waals surface area contributed by atoms with Crippen molar-refractivity contribution in [1.29, 1.82) is 0 Å². The smallest absolute Gasteiger partial charge is 0.321 e. The molecule has 1 aromatic heterocycles. The standard InChI is InChI=1S/C17H21N5O2/c1-11-4-5-13(22-7-3-6-19-22)10-15(11)20-17(24)21(2)14-8-12(9-14)16(18)23/h3-7,10,12,14H,8-9H2,1-2H3,(H2,18,23)(H,20,24). The second-order valence-electron chi connectivity index (χ2n) is 6.22. The highest BCUT2D eigenvalue weighted by molar-refractivity contribution is 5.91. The largest absolute Gasteiger partial charge is 0.369 e. The molecule has 1 aliphatic carbocycles. The van der Waals surface area contributed by atoms with Gasteiger partial charge in [0.05, 0.1) is 5.69 Å². The van der Waals surface area contributed by atoms with E-state index in [1.165, 1.54) is 0 Å². The van der Waals surface area contributed by atoms with Gasteiger partial charge in [-0.1, -0.05) is 6.07 Å². The molecule has 126 valence electrons. The average molecular weight is 327 g/mol. The number of anilines is 1. The summed E-state index contributed by atoms with van der Waals surface area (Å²) in [6, 6.07) is 7.49. The summed E-state index contributed by atoms with van der Waals surface area (Å²) in [5, 5.41) is 7.13. The van der Waals surface area contributed by atoms with Gasteiger partial charge in [-0.2, -0.15) is 5.10 Å². The molecule has 3 N–H and O–H groups in total. The highest BCUT2D eigenvalue weighted by atomic mass is 16.2. The summed E-state index contributed by atoms with van der Waals surface area (Å²) >= 11 is 0. The van der Waals surface area contributed by atoms with Crippen LogP contribution in [0.5, 0.6) is 0 Å². The van der Waals surface area contributed by atoms with E-state index in [0.717, 1.165) is 16.9 Å². The number of urea groups is 1. The van der Waals surface area contributed by atoms with Crippen LogP contribution in [0.1, 0.15) is 18.4 Å². The molecule has 1 heterocycles. The predicted molar refractivity (Wildman–Crippen MR) is 90.8 cm³/mol. The number of carbonyl (C=O) groups is 2. The summed E-state index contributed by atoms with van der Waals surface area (Å²) < 4.78 is 1.74. The Kier molecular flexibility index (Phi) is 4.24. The Balaban J connectivity index is 1.68. The van der Waals surface area contributed by atoms with E-state index in [0.29, 0.717) is 12.8 Å². The highest BCUT2D eigenvalue weighted by Crippen LogP contribution is 2.31. The number of hydrogen-bond acceptors (Lipinski definition) is 3. The van der Waals surface area contributed by atoms with Crippen molar-refractivity contribution >= 4 is 17.6 Å². The molecule has 0 aliphatic heterocycles. The molecule has 2 aromatic rings. The van der Waals surface area contributed by atoms with Crippen molar-refractivity contribution < 1.29 is 9.59 Å². The quantitative estimate of drug-likeness (QED) is 0.898. The van der Waals surface area contributed by atoms with E-state index in [2.05, 4.69) is 10.4 Å². The molecular weight excluding hydrogens is 306 g/mol. The average Bonchev–Trinajstić information content (AvgIpc) is 3.01. The van der Waals surface area contributed by atoms with Crippen LogP contribution in [0, 0.1) is 12.8 Å². The highest BCUT2D eigenvalue weighted by Gasteiger charge is 2.37. The van der Waals surface area contributed by atoms with Crippen molar-refractivity contribution in [1.82, 2.24) is 14.7 Å². The van der Waals surface area contributed by atoms with E-state index in [4.69, 9.17) is 5.73 Å². The van der Waals surface area contributed by atoms with Crippen molar-refractivity contribution in [2.75, 3.05) is 12.4 Å². The summed E-state index contributed by atoms with van der Waals surface area (Å²) in [4.78, 5) is 25.2. The second kappa shape index (κ2) is 6.35. The molecule has 7 heteroatoms. The fourth-order valence-corrected chi connectivity index (χ4v) is 2.81. The fourth-order valence-electron chi connectivity index (χ4n) is 2.81. The van der Waals surface area contributed by atoms with Gasteiger partial charge in [0.2, 0.25) is 5.91 Å². The number of primary amides is 1. The molecule has 1 fully saturated rings. The molecule has 1 saturated carbocycles. The SMILES string of the molecule is Cc1ccc(-n2cccn2)cc1NC(=O)N(C)C1CC(C(N)=O)C1. The molecule has 0 bridgehead atoms. The summed E-state index contributed by atoms with van der Waals surface area (Å²) in [7, 11) is 1.74. The van der Waals surface area contributed by atoms with Crippen LogP contribution < -0.4 is 11.1 Å². The van der Waals surface area contributed by atoms with Crippen LogP contribution in [0.4, 0.5) is 10.5 Å². The Hall–Kier alpha value is -2.83. The summed E-state index contributed by atoms with van der Waals surface area (Å²) in [6.45, 7) is 1.94. The van der Waals surface area contributed by atoms with Crippen molar-refractivity contribution in [3.05, 3.63) is 42.2 Å². The van der Waals surface area contributed by atoms with Gasteiger partial charge in [0, 0.05) is 37.1 Å². The van der Waals surface area contributed by atoms with Gasteiger partial charge in [-0.3, -0.25) is 4.79 Å². The zero-order chi connectivity index (χ0) is 17.3. The number of nitrogens with two attached hydrogens (primary N) is 1. The number of benzene rings is 1. The molecule has 0 spiro atoms. The predicted octanol–water partition coefficient (Wildman–Crippen LogP) is 1.91. The first-order valence-corrected chi connectivity index (χ1v) is 7.89. The lowest BCUT2D eigenvalue weighted by molar-refractivity contribution is -0.125. The fraction of sp³-hybridized carbons (Fsp3) is 0.353. The molecule has 0 radical (unpaired) electrons. The topological polar surface area (TPSA) is 93.2 Å². The van der Waals surface area contributed by atoms with Crippen LogP contribution in [0.25, 0.3) is 5.69 Å². The third-order valence-electron chi connectivity index (χ3n) is 4.62. The minimum atomic E-state index is -0.289. The van der Waals surface area contributed by atoms with Gasteiger partial charge in [-0.05, 0) is 43.5 Å². The van der Waals surface area contributed by atoms with Gasteiger partial charge < -0.3 is 16.0 Å². The maximum Gasteiger partial charge on any atom is 0.321 e. The van der Waals surface area contributed by atoms with Crippen LogP contribution in [0.2, 0.25) is 0 Å². The first-order valence-electron chi connectivity index (χ1n) is 7.89. The summed E-state index contributed by atoms with van der Waals surface area (Å²) in [6.07, 6.45) is 4.81. The zero-order valence-corrected chi connectivity index (χ0v) is 13.8. The molecule has 1 aromatic carbocycles. The van der Waals surface area contributed by atoms with Crippen LogP contribution in [-0.2, 0) is 4.79 Å². The van der Waals surface area contributed by atoms with Crippen LogP contribution >= 0.6 is 0 Å². The number of nitrogens with zero attached hydrogens (tertiary/aromatic N) is 3. The van der Waals surface area contributed by atoms with Crippen molar-refractivity contribution in [2.24, 2.45) is 11.7 Å². The Bertz CT molecular complexity index is 750. The number of amides is 3. The molecule has 0 atom stereocenters. The maximum absolute atomic E-state index is 12.4. The Morgan fingerprint density at radius 1 is 1.38 bits per heavy atom. The van der Waals surface area contributed by atoms with Crippen LogP contribution in [-0.4, -0.2) is 39.7 Å². The number of aryl methyl sites for hydroxylation is 1. The van der Waals surface area contributed by atoms with Crippen molar-refractivity contribution in [2.45, 2.75) is 25.8 Å². The van der Waals surface area contributed by atoms with E-state index in [1.807, 2.05) is 37.4 Å². The summed E-state index contributed by atoms with van der Waals surface area (Å²) in [5.74, 6) is -0.405. The maximum atomic E-state index is 12.4.